The number of hydrogen-bond acceptors (Lipinski definition) is 2. The largest absolute Gasteiger partial charge is 0.357 e. The van der Waals surface area contributed by atoms with Gasteiger partial charge >= 0.3 is 0 Å². The first kappa shape index (κ1) is 21.3. The molecule has 2 rings (SSSR count). The van der Waals surface area contributed by atoms with Crippen LogP contribution in [0, 0.1) is 11.6 Å². The van der Waals surface area contributed by atoms with Crippen LogP contribution in [0.3, 0.4) is 0 Å². The third-order valence-corrected chi connectivity index (χ3v) is 3.92. The van der Waals surface area contributed by atoms with Crippen LogP contribution in [0.4, 0.5) is 8.78 Å². The summed E-state index contributed by atoms with van der Waals surface area (Å²) in [6, 6.07) is 12.4. The van der Waals surface area contributed by atoms with Crippen LogP contribution in [0.25, 0.3) is 0 Å². The molecule has 3 N–H and O–H groups in total. The highest BCUT2D eigenvalue weighted by molar-refractivity contribution is 5.80. The number of nitrogens with one attached hydrogen (secondary N) is 3. The van der Waals surface area contributed by atoms with Gasteiger partial charge in [0.25, 0.3) is 0 Å². The first-order valence-corrected chi connectivity index (χ1v) is 9.34. The fourth-order valence-electron chi connectivity index (χ4n) is 2.56. The molecule has 0 aliphatic heterocycles. The molecule has 0 radical (unpaired) electrons. The van der Waals surface area contributed by atoms with Gasteiger partial charge in [-0.1, -0.05) is 24.3 Å². The van der Waals surface area contributed by atoms with E-state index >= 15 is 0 Å². The second kappa shape index (κ2) is 11.7. The maximum absolute atomic E-state index is 13.2. The van der Waals surface area contributed by atoms with E-state index in [0.717, 1.165) is 11.1 Å². The predicted octanol–water partition coefficient (Wildman–Crippen LogP) is 2.42. The standard InChI is InChI=1S/C21H26F2N4O/c1-2-24-21(26-11-10-16-4-3-5-19(23)14-16)27-13-12-25-20(28)15-17-6-8-18(22)9-7-17/h3-9,14H,2,10-13,15H2,1H3,(H,25,28)(H2,24,26,27). The molecule has 0 aliphatic carbocycles. The molecular formula is C21H26F2N4O. The number of amides is 1. The zero-order valence-corrected chi connectivity index (χ0v) is 16.0. The lowest BCUT2D eigenvalue weighted by molar-refractivity contribution is -0.120. The summed E-state index contributed by atoms with van der Waals surface area (Å²) in [5.74, 6) is -0.0444. The van der Waals surface area contributed by atoms with Gasteiger partial charge in [-0.3, -0.25) is 9.79 Å². The van der Waals surface area contributed by atoms with Crippen LogP contribution in [0.1, 0.15) is 18.1 Å². The average Bonchev–Trinajstić information content (AvgIpc) is 2.67. The van der Waals surface area contributed by atoms with E-state index in [-0.39, 0.29) is 24.0 Å². The highest BCUT2D eigenvalue weighted by Gasteiger charge is 2.04. The Kier molecular flexibility index (Phi) is 8.91. The summed E-state index contributed by atoms with van der Waals surface area (Å²) in [6.07, 6.45) is 0.852. The Morgan fingerprint density at radius 2 is 1.68 bits per heavy atom. The van der Waals surface area contributed by atoms with Crippen molar-refractivity contribution in [2.24, 2.45) is 4.99 Å². The smallest absolute Gasteiger partial charge is 0.224 e. The van der Waals surface area contributed by atoms with Crippen LogP contribution in [-0.4, -0.2) is 38.0 Å². The van der Waals surface area contributed by atoms with Crippen LogP contribution in [-0.2, 0) is 17.6 Å². The Hall–Kier alpha value is -2.96. The predicted molar refractivity (Wildman–Crippen MR) is 107 cm³/mol. The van der Waals surface area contributed by atoms with E-state index in [1.165, 1.54) is 24.3 Å². The van der Waals surface area contributed by atoms with E-state index in [9.17, 15) is 13.6 Å². The SMILES string of the molecule is CCNC(=NCCc1cccc(F)c1)NCCNC(=O)Cc1ccc(F)cc1. The number of carbonyl (C=O) groups excluding carboxylic acids is 1. The zero-order chi connectivity index (χ0) is 20.2. The van der Waals surface area contributed by atoms with E-state index in [1.807, 2.05) is 13.0 Å². The van der Waals surface area contributed by atoms with Gasteiger partial charge in [0.15, 0.2) is 5.96 Å². The van der Waals surface area contributed by atoms with Crippen molar-refractivity contribution < 1.29 is 13.6 Å². The Morgan fingerprint density at radius 1 is 0.929 bits per heavy atom. The first-order chi connectivity index (χ1) is 13.6. The molecule has 28 heavy (non-hydrogen) atoms. The van der Waals surface area contributed by atoms with Crippen LogP contribution >= 0.6 is 0 Å². The minimum absolute atomic E-state index is 0.124. The van der Waals surface area contributed by atoms with E-state index in [0.29, 0.717) is 38.6 Å². The van der Waals surface area contributed by atoms with E-state index in [2.05, 4.69) is 20.9 Å². The molecule has 5 nitrogen and oxygen atoms in total. The molecule has 2 aromatic carbocycles. The van der Waals surface area contributed by atoms with Crippen molar-refractivity contribution in [3.63, 3.8) is 0 Å². The molecule has 2 aromatic rings. The van der Waals surface area contributed by atoms with Gasteiger partial charge in [-0.2, -0.15) is 0 Å². The molecule has 7 heteroatoms. The molecule has 0 spiro atoms. The Bertz CT molecular complexity index is 778. The first-order valence-electron chi connectivity index (χ1n) is 9.34. The number of aliphatic imine (C=N–C) groups is 1. The molecule has 0 bridgehead atoms. The highest BCUT2D eigenvalue weighted by Crippen LogP contribution is 2.04. The lowest BCUT2D eigenvalue weighted by atomic mass is 10.1. The fourth-order valence-corrected chi connectivity index (χ4v) is 2.56. The number of nitrogens with zero attached hydrogens (tertiary/aromatic N) is 1. The van der Waals surface area contributed by atoms with Gasteiger partial charge in [-0.05, 0) is 48.7 Å². The number of rotatable bonds is 9. The molecule has 0 aliphatic rings. The quantitative estimate of drug-likeness (QED) is 0.351. The number of carbonyl (C=O) groups is 1. The second-order valence-corrected chi connectivity index (χ2v) is 6.22. The Labute approximate surface area is 164 Å². The summed E-state index contributed by atoms with van der Waals surface area (Å²) < 4.78 is 26.1. The fraction of sp³-hybridized carbons (Fsp3) is 0.333. The van der Waals surface area contributed by atoms with Gasteiger partial charge in [-0.15, -0.1) is 0 Å². The number of guanidine groups is 1. The van der Waals surface area contributed by atoms with Crippen molar-refractivity contribution in [3.8, 4) is 0 Å². The Morgan fingerprint density at radius 3 is 2.39 bits per heavy atom. The lowest BCUT2D eigenvalue weighted by Gasteiger charge is -2.12. The van der Waals surface area contributed by atoms with Crippen molar-refractivity contribution in [2.75, 3.05) is 26.2 Å². The summed E-state index contributed by atoms with van der Waals surface area (Å²) >= 11 is 0. The molecule has 0 unspecified atom stereocenters. The number of halogens is 2. The molecule has 0 saturated carbocycles. The molecule has 0 fully saturated rings. The molecule has 0 aromatic heterocycles. The minimum atomic E-state index is -0.319. The third kappa shape index (κ3) is 8.16. The maximum Gasteiger partial charge on any atom is 0.224 e. The molecule has 0 heterocycles. The summed E-state index contributed by atoms with van der Waals surface area (Å²) in [5.41, 5.74) is 1.66. The van der Waals surface area contributed by atoms with Gasteiger partial charge in [0.1, 0.15) is 11.6 Å². The molecular weight excluding hydrogens is 362 g/mol. The van der Waals surface area contributed by atoms with Crippen molar-refractivity contribution >= 4 is 11.9 Å². The molecule has 0 atom stereocenters. The van der Waals surface area contributed by atoms with Crippen LogP contribution in [0.15, 0.2) is 53.5 Å². The van der Waals surface area contributed by atoms with Crippen molar-refractivity contribution in [2.45, 2.75) is 19.8 Å². The number of hydrogen-bond donors (Lipinski definition) is 3. The van der Waals surface area contributed by atoms with Crippen molar-refractivity contribution in [1.82, 2.24) is 16.0 Å². The monoisotopic (exact) mass is 388 g/mol. The third-order valence-electron chi connectivity index (χ3n) is 3.92. The van der Waals surface area contributed by atoms with Gasteiger partial charge in [0.05, 0.1) is 6.42 Å². The molecule has 0 saturated heterocycles. The van der Waals surface area contributed by atoms with Crippen molar-refractivity contribution in [3.05, 3.63) is 71.3 Å². The van der Waals surface area contributed by atoms with Crippen LogP contribution < -0.4 is 16.0 Å². The Balaban J connectivity index is 1.70. The summed E-state index contributed by atoms with van der Waals surface area (Å²) in [4.78, 5) is 16.4. The van der Waals surface area contributed by atoms with Crippen molar-refractivity contribution in [1.29, 1.82) is 0 Å². The minimum Gasteiger partial charge on any atom is -0.357 e. The van der Waals surface area contributed by atoms with Gasteiger partial charge < -0.3 is 16.0 Å². The molecule has 1 amide bonds. The normalized spacial score (nSPS) is 11.2. The average molecular weight is 388 g/mol. The second-order valence-electron chi connectivity index (χ2n) is 6.22. The highest BCUT2D eigenvalue weighted by atomic mass is 19.1. The summed E-state index contributed by atoms with van der Waals surface area (Å²) in [7, 11) is 0. The van der Waals surface area contributed by atoms with Crippen LogP contribution in [0.2, 0.25) is 0 Å². The van der Waals surface area contributed by atoms with E-state index in [4.69, 9.17) is 0 Å². The molecule has 150 valence electrons. The van der Waals surface area contributed by atoms with Crippen LogP contribution in [0.5, 0.6) is 0 Å². The van der Waals surface area contributed by atoms with Gasteiger partial charge in [-0.25, -0.2) is 8.78 Å². The van der Waals surface area contributed by atoms with Gasteiger partial charge in [0, 0.05) is 26.2 Å². The topological polar surface area (TPSA) is 65.5 Å². The lowest BCUT2D eigenvalue weighted by Crippen LogP contribution is -2.41. The van der Waals surface area contributed by atoms with Gasteiger partial charge in [0.2, 0.25) is 5.91 Å². The summed E-state index contributed by atoms with van der Waals surface area (Å²) in [6.45, 7) is 4.15. The maximum atomic E-state index is 13.2. The zero-order valence-electron chi connectivity index (χ0n) is 16.0. The summed E-state index contributed by atoms with van der Waals surface area (Å²) in [5, 5.41) is 9.09. The van der Waals surface area contributed by atoms with E-state index in [1.54, 1.807) is 18.2 Å². The number of benzene rings is 2. The van der Waals surface area contributed by atoms with E-state index < -0.39 is 0 Å².